The molecule has 1 amide bonds. The topological polar surface area (TPSA) is 55.6 Å². The van der Waals surface area contributed by atoms with Crippen molar-refractivity contribution in [3.63, 3.8) is 0 Å². The van der Waals surface area contributed by atoms with Crippen molar-refractivity contribution in [2.45, 2.75) is 6.92 Å². The molecule has 94 valence electrons. The summed E-state index contributed by atoms with van der Waals surface area (Å²) in [5, 5.41) is 0. The van der Waals surface area contributed by atoms with Crippen LogP contribution in [0.2, 0.25) is 0 Å². The SMILES string of the molecule is CCN(CCOC)C(=O)c1cc(N)ccc1Br. The van der Waals surface area contributed by atoms with Gasteiger partial charge < -0.3 is 15.4 Å². The van der Waals surface area contributed by atoms with E-state index in [9.17, 15) is 4.79 Å². The molecule has 4 nitrogen and oxygen atoms in total. The molecule has 0 saturated heterocycles. The second-order valence-corrected chi connectivity index (χ2v) is 4.47. The quantitative estimate of drug-likeness (QED) is 0.848. The molecule has 0 atom stereocenters. The van der Waals surface area contributed by atoms with E-state index in [1.165, 1.54) is 0 Å². The van der Waals surface area contributed by atoms with Gasteiger partial charge in [0.15, 0.2) is 0 Å². The zero-order valence-electron chi connectivity index (χ0n) is 10.1. The molecule has 0 aliphatic carbocycles. The summed E-state index contributed by atoms with van der Waals surface area (Å²) in [4.78, 5) is 14.0. The Kier molecular flexibility index (Phi) is 5.44. The molecule has 0 aliphatic rings. The first-order valence-corrected chi connectivity index (χ1v) is 6.22. The number of ether oxygens (including phenoxy) is 1. The van der Waals surface area contributed by atoms with Crippen molar-refractivity contribution in [2.75, 3.05) is 32.5 Å². The number of hydrogen-bond acceptors (Lipinski definition) is 3. The minimum Gasteiger partial charge on any atom is -0.399 e. The van der Waals surface area contributed by atoms with Crippen molar-refractivity contribution in [3.8, 4) is 0 Å². The van der Waals surface area contributed by atoms with Gasteiger partial charge in [0, 0.05) is 30.4 Å². The predicted molar refractivity (Wildman–Crippen MR) is 72.0 cm³/mol. The number of benzene rings is 1. The number of carbonyl (C=O) groups is 1. The van der Waals surface area contributed by atoms with E-state index in [-0.39, 0.29) is 5.91 Å². The predicted octanol–water partition coefficient (Wildman–Crippen LogP) is 2.14. The normalized spacial score (nSPS) is 10.3. The monoisotopic (exact) mass is 300 g/mol. The van der Waals surface area contributed by atoms with Crippen molar-refractivity contribution in [1.29, 1.82) is 0 Å². The van der Waals surface area contributed by atoms with Crippen LogP contribution in [0.5, 0.6) is 0 Å². The highest BCUT2D eigenvalue weighted by Gasteiger charge is 2.16. The summed E-state index contributed by atoms with van der Waals surface area (Å²) >= 11 is 3.36. The number of hydrogen-bond donors (Lipinski definition) is 1. The van der Waals surface area contributed by atoms with Crippen molar-refractivity contribution in [3.05, 3.63) is 28.2 Å². The van der Waals surface area contributed by atoms with E-state index in [0.29, 0.717) is 30.9 Å². The Morgan fingerprint density at radius 3 is 2.82 bits per heavy atom. The van der Waals surface area contributed by atoms with Crippen LogP contribution in [0.25, 0.3) is 0 Å². The third kappa shape index (κ3) is 3.71. The molecule has 17 heavy (non-hydrogen) atoms. The smallest absolute Gasteiger partial charge is 0.255 e. The number of anilines is 1. The highest BCUT2D eigenvalue weighted by atomic mass is 79.9. The summed E-state index contributed by atoms with van der Waals surface area (Å²) < 4.78 is 5.74. The van der Waals surface area contributed by atoms with Crippen LogP contribution in [-0.4, -0.2) is 37.6 Å². The minimum absolute atomic E-state index is 0.0382. The van der Waals surface area contributed by atoms with Gasteiger partial charge in [0.05, 0.1) is 12.2 Å². The highest BCUT2D eigenvalue weighted by molar-refractivity contribution is 9.10. The summed E-state index contributed by atoms with van der Waals surface area (Å²) in [5.74, 6) is -0.0382. The van der Waals surface area contributed by atoms with Crippen LogP contribution in [0.3, 0.4) is 0 Å². The number of amides is 1. The largest absolute Gasteiger partial charge is 0.399 e. The molecule has 2 N–H and O–H groups in total. The molecular formula is C12H17BrN2O2. The third-order valence-electron chi connectivity index (χ3n) is 2.46. The number of carbonyl (C=O) groups excluding carboxylic acids is 1. The second kappa shape index (κ2) is 6.61. The maximum Gasteiger partial charge on any atom is 0.255 e. The second-order valence-electron chi connectivity index (χ2n) is 3.62. The Labute approximate surface area is 110 Å². The molecule has 0 aliphatic heterocycles. The molecule has 0 fully saturated rings. The lowest BCUT2D eigenvalue weighted by Crippen LogP contribution is -2.33. The Bertz CT molecular complexity index is 396. The molecule has 1 aromatic rings. The number of halogens is 1. The van der Waals surface area contributed by atoms with Gasteiger partial charge in [-0.2, -0.15) is 0 Å². The molecule has 0 radical (unpaired) electrons. The van der Waals surface area contributed by atoms with Crippen LogP contribution < -0.4 is 5.73 Å². The van der Waals surface area contributed by atoms with Crippen molar-refractivity contribution >= 4 is 27.5 Å². The number of nitrogens with two attached hydrogens (primary N) is 1. The van der Waals surface area contributed by atoms with Crippen LogP contribution in [0.15, 0.2) is 22.7 Å². The molecule has 0 bridgehead atoms. The Morgan fingerprint density at radius 2 is 2.24 bits per heavy atom. The van der Waals surface area contributed by atoms with Gasteiger partial charge in [0.2, 0.25) is 0 Å². The molecular weight excluding hydrogens is 284 g/mol. The van der Waals surface area contributed by atoms with E-state index < -0.39 is 0 Å². The molecule has 0 spiro atoms. The lowest BCUT2D eigenvalue weighted by molar-refractivity contribution is 0.0705. The lowest BCUT2D eigenvalue weighted by atomic mass is 10.1. The van der Waals surface area contributed by atoms with Crippen molar-refractivity contribution in [2.24, 2.45) is 0 Å². The number of likely N-dealkylation sites (N-methyl/N-ethyl adjacent to an activating group) is 1. The summed E-state index contributed by atoms with van der Waals surface area (Å²) in [7, 11) is 1.62. The zero-order chi connectivity index (χ0) is 12.8. The fraction of sp³-hybridized carbons (Fsp3) is 0.417. The lowest BCUT2D eigenvalue weighted by Gasteiger charge is -2.21. The van der Waals surface area contributed by atoms with Gasteiger partial charge in [-0.25, -0.2) is 0 Å². The first-order valence-electron chi connectivity index (χ1n) is 5.43. The average Bonchev–Trinajstić information content (AvgIpc) is 2.33. The number of methoxy groups -OCH3 is 1. The average molecular weight is 301 g/mol. The van der Waals surface area contributed by atoms with E-state index in [1.54, 1.807) is 30.2 Å². The van der Waals surface area contributed by atoms with Crippen molar-refractivity contribution in [1.82, 2.24) is 4.90 Å². The molecule has 5 heteroatoms. The van der Waals surface area contributed by atoms with E-state index in [1.807, 2.05) is 6.92 Å². The third-order valence-corrected chi connectivity index (χ3v) is 3.15. The zero-order valence-corrected chi connectivity index (χ0v) is 11.7. The summed E-state index contributed by atoms with van der Waals surface area (Å²) in [6.45, 7) is 3.68. The first-order chi connectivity index (χ1) is 8.10. The highest BCUT2D eigenvalue weighted by Crippen LogP contribution is 2.21. The Morgan fingerprint density at radius 1 is 1.53 bits per heavy atom. The maximum absolute atomic E-state index is 12.2. The van der Waals surface area contributed by atoms with Gasteiger partial charge in [-0.15, -0.1) is 0 Å². The van der Waals surface area contributed by atoms with E-state index in [2.05, 4.69) is 15.9 Å². The first kappa shape index (κ1) is 14.0. The van der Waals surface area contributed by atoms with Gasteiger partial charge in [-0.3, -0.25) is 4.79 Å². The summed E-state index contributed by atoms with van der Waals surface area (Å²) in [6, 6.07) is 5.22. The van der Waals surface area contributed by atoms with Crippen LogP contribution in [0.4, 0.5) is 5.69 Å². The molecule has 1 aromatic carbocycles. The van der Waals surface area contributed by atoms with Gasteiger partial charge in [0.1, 0.15) is 0 Å². The molecule has 0 unspecified atom stereocenters. The van der Waals surface area contributed by atoms with Gasteiger partial charge >= 0.3 is 0 Å². The van der Waals surface area contributed by atoms with Crippen molar-refractivity contribution < 1.29 is 9.53 Å². The summed E-state index contributed by atoms with van der Waals surface area (Å²) in [5.41, 5.74) is 6.86. The van der Waals surface area contributed by atoms with Gasteiger partial charge in [-0.1, -0.05) is 0 Å². The fourth-order valence-corrected chi connectivity index (χ4v) is 1.90. The van der Waals surface area contributed by atoms with Crippen LogP contribution in [0.1, 0.15) is 17.3 Å². The van der Waals surface area contributed by atoms with Gasteiger partial charge in [-0.05, 0) is 41.1 Å². The molecule has 0 aromatic heterocycles. The standard InChI is InChI=1S/C12H17BrN2O2/c1-3-15(6-7-17-2)12(16)10-8-9(14)4-5-11(10)13/h4-5,8H,3,6-7,14H2,1-2H3. The maximum atomic E-state index is 12.2. The Hall–Kier alpha value is -1.07. The van der Waals surface area contributed by atoms with Crippen LogP contribution in [-0.2, 0) is 4.74 Å². The van der Waals surface area contributed by atoms with Crippen LogP contribution >= 0.6 is 15.9 Å². The number of nitrogens with zero attached hydrogens (tertiary/aromatic N) is 1. The molecule has 0 heterocycles. The van der Waals surface area contributed by atoms with E-state index in [4.69, 9.17) is 10.5 Å². The Balaban J connectivity index is 2.89. The van der Waals surface area contributed by atoms with Crippen LogP contribution in [0, 0.1) is 0 Å². The number of nitrogen functional groups attached to an aromatic ring is 1. The van der Waals surface area contributed by atoms with Gasteiger partial charge in [0.25, 0.3) is 5.91 Å². The number of rotatable bonds is 5. The van der Waals surface area contributed by atoms with E-state index in [0.717, 1.165) is 4.47 Å². The molecule has 1 rings (SSSR count). The van der Waals surface area contributed by atoms with E-state index >= 15 is 0 Å². The molecule has 0 saturated carbocycles. The summed E-state index contributed by atoms with van der Waals surface area (Å²) in [6.07, 6.45) is 0. The minimum atomic E-state index is -0.0382. The fourth-order valence-electron chi connectivity index (χ4n) is 1.48.